The maximum Gasteiger partial charge on any atom is 0.243 e. The predicted octanol–water partition coefficient (Wildman–Crippen LogP) is 2.97. The molecule has 0 aliphatic carbocycles. The van der Waals surface area contributed by atoms with Gasteiger partial charge in [-0.05, 0) is 49.6 Å². The molecule has 1 aliphatic heterocycles. The number of nitrogens with zero attached hydrogens (tertiary/aromatic N) is 1. The third-order valence-electron chi connectivity index (χ3n) is 5.11. The van der Waals surface area contributed by atoms with Crippen LogP contribution in [0.3, 0.4) is 0 Å². The molecule has 28 heavy (non-hydrogen) atoms. The van der Waals surface area contributed by atoms with Gasteiger partial charge in [0.25, 0.3) is 0 Å². The second kappa shape index (κ2) is 8.75. The van der Waals surface area contributed by atoms with Gasteiger partial charge in [0, 0.05) is 13.1 Å². The fourth-order valence-corrected chi connectivity index (χ4v) is 4.95. The van der Waals surface area contributed by atoms with E-state index in [2.05, 4.69) is 5.32 Å². The molecule has 2 atom stereocenters. The van der Waals surface area contributed by atoms with E-state index in [1.54, 1.807) is 12.1 Å². The lowest BCUT2D eigenvalue weighted by atomic mass is 9.98. The molecule has 6 nitrogen and oxygen atoms in total. The van der Waals surface area contributed by atoms with Gasteiger partial charge in [-0.3, -0.25) is 4.79 Å². The number of methoxy groups -OCH3 is 1. The molecule has 2 aromatic rings. The Hall–Kier alpha value is -2.38. The second-order valence-electron chi connectivity index (χ2n) is 7.02. The van der Waals surface area contributed by atoms with Crippen LogP contribution in [0.2, 0.25) is 0 Å². The summed E-state index contributed by atoms with van der Waals surface area (Å²) in [6, 6.07) is 15.9. The van der Waals surface area contributed by atoms with Crippen molar-refractivity contribution in [3.8, 4) is 5.75 Å². The number of ether oxygens (including phenoxy) is 1. The number of hydrogen-bond acceptors (Lipinski definition) is 4. The molecule has 2 aromatic carbocycles. The number of sulfonamides is 1. The summed E-state index contributed by atoms with van der Waals surface area (Å²) in [5.74, 6) is 0.142. The summed E-state index contributed by atoms with van der Waals surface area (Å²) in [5.41, 5.74) is 1.02. The average molecular weight is 403 g/mol. The molecule has 1 saturated heterocycles. The number of benzene rings is 2. The molecular weight excluding hydrogens is 376 g/mol. The lowest BCUT2D eigenvalue weighted by Crippen LogP contribution is -2.45. The zero-order valence-electron chi connectivity index (χ0n) is 16.2. The van der Waals surface area contributed by atoms with E-state index in [9.17, 15) is 13.2 Å². The Morgan fingerprint density at radius 3 is 2.46 bits per heavy atom. The number of nitrogens with one attached hydrogen (secondary N) is 1. The fourth-order valence-electron chi connectivity index (χ4n) is 3.43. The Labute approximate surface area is 166 Å². The first kappa shape index (κ1) is 20.4. The maximum absolute atomic E-state index is 13.0. The standard InChI is InChI=1S/C21H26N2O4S/c1-16(17-7-4-3-5-8-17)22-21(24)18-9-6-14-23(15-18)28(25,26)20-12-10-19(27-2)11-13-20/h3-5,7-8,10-13,16,18H,6,9,14-15H2,1-2H3,(H,22,24)/t16-,18+/m1/s1. The van der Waals surface area contributed by atoms with Gasteiger partial charge in [-0.2, -0.15) is 4.31 Å². The summed E-state index contributed by atoms with van der Waals surface area (Å²) in [5, 5.41) is 3.02. The van der Waals surface area contributed by atoms with Crippen molar-refractivity contribution in [2.24, 2.45) is 5.92 Å². The Morgan fingerprint density at radius 2 is 1.82 bits per heavy atom. The quantitative estimate of drug-likeness (QED) is 0.806. The Balaban J connectivity index is 1.68. The highest BCUT2D eigenvalue weighted by molar-refractivity contribution is 7.89. The van der Waals surface area contributed by atoms with Crippen LogP contribution >= 0.6 is 0 Å². The van der Waals surface area contributed by atoms with E-state index >= 15 is 0 Å². The summed E-state index contributed by atoms with van der Waals surface area (Å²) >= 11 is 0. The molecule has 0 saturated carbocycles. The van der Waals surface area contributed by atoms with Gasteiger partial charge in [0.05, 0.1) is 24.0 Å². The van der Waals surface area contributed by atoms with E-state index < -0.39 is 10.0 Å². The van der Waals surface area contributed by atoms with Gasteiger partial charge in [0.15, 0.2) is 0 Å². The number of piperidine rings is 1. The molecule has 0 unspecified atom stereocenters. The summed E-state index contributed by atoms with van der Waals surface area (Å²) in [7, 11) is -2.10. The molecule has 150 valence electrons. The van der Waals surface area contributed by atoms with Gasteiger partial charge in [-0.15, -0.1) is 0 Å². The Kier molecular flexibility index (Phi) is 6.36. The first-order chi connectivity index (χ1) is 13.4. The van der Waals surface area contributed by atoms with Crippen LogP contribution in [0.1, 0.15) is 31.4 Å². The van der Waals surface area contributed by atoms with E-state index in [0.29, 0.717) is 25.1 Å². The minimum absolute atomic E-state index is 0.106. The largest absolute Gasteiger partial charge is 0.497 e. The lowest BCUT2D eigenvalue weighted by Gasteiger charge is -2.32. The smallest absolute Gasteiger partial charge is 0.243 e. The summed E-state index contributed by atoms with van der Waals surface area (Å²) in [6.45, 7) is 2.55. The SMILES string of the molecule is COc1ccc(S(=O)(=O)N2CCC[C@H](C(=O)N[C@H](C)c3ccccc3)C2)cc1. The molecule has 0 radical (unpaired) electrons. The molecule has 0 bridgehead atoms. The molecule has 1 fully saturated rings. The molecule has 0 aromatic heterocycles. The van der Waals surface area contributed by atoms with Crippen molar-refractivity contribution >= 4 is 15.9 Å². The molecular formula is C21H26N2O4S. The van der Waals surface area contributed by atoms with E-state index in [1.165, 1.54) is 23.5 Å². The van der Waals surface area contributed by atoms with Gasteiger partial charge in [-0.1, -0.05) is 30.3 Å². The van der Waals surface area contributed by atoms with Crippen LogP contribution in [0.25, 0.3) is 0 Å². The van der Waals surface area contributed by atoms with Crippen LogP contribution in [-0.2, 0) is 14.8 Å². The third kappa shape index (κ3) is 4.54. The van der Waals surface area contributed by atoms with Gasteiger partial charge in [-0.25, -0.2) is 8.42 Å². The highest BCUT2D eigenvalue weighted by Gasteiger charge is 2.33. The van der Waals surface area contributed by atoms with Crippen molar-refractivity contribution in [2.45, 2.75) is 30.7 Å². The predicted molar refractivity (Wildman–Crippen MR) is 107 cm³/mol. The first-order valence-corrected chi connectivity index (χ1v) is 10.9. The number of amides is 1. The van der Waals surface area contributed by atoms with Crippen molar-refractivity contribution in [3.63, 3.8) is 0 Å². The zero-order valence-corrected chi connectivity index (χ0v) is 17.0. The average Bonchev–Trinajstić information content (AvgIpc) is 2.74. The van der Waals surface area contributed by atoms with E-state index in [-0.39, 0.29) is 29.3 Å². The van der Waals surface area contributed by atoms with E-state index in [0.717, 1.165) is 5.56 Å². The molecule has 3 rings (SSSR count). The minimum atomic E-state index is -3.64. The molecule has 7 heteroatoms. The van der Waals surface area contributed by atoms with Crippen molar-refractivity contribution in [1.82, 2.24) is 9.62 Å². The van der Waals surface area contributed by atoms with Crippen LogP contribution < -0.4 is 10.1 Å². The highest BCUT2D eigenvalue weighted by atomic mass is 32.2. The topological polar surface area (TPSA) is 75.7 Å². The number of carbonyl (C=O) groups is 1. The van der Waals surface area contributed by atoms with E-state index in [4.69, 9.17) is 4.74 Å². The van der Waals surface area contributed by atoms with Crippen molar-refractivity contribution in [3.05, 3.63) is 60.2 Å². The van der Waals surface area contributed by atoms with E-state index in [1.807, 2.05) is 37.3 Å². The molecule has 1 aliphatic rings. The summed E-state index contributed by atoms with van der Waals surface area (Å²) in [4.78, 5) is 12.9. The molecule has 1 amide bonds. The van der Waals surface area contributed by atoms with Crippen LogP contribution in [-0.4, -0.2) is 38.8 Å². The number of rotatable bonds is 6. The third-order valence-corrected chi connectivity index (χ3v) is 6.99. The normalized spacial score (nSPS) is 19.0. The van der Waals surface area contributed by atoms with Crippen LogP contribution in [0.5, 0.6) is 5.75 Å². The van der Waals surface area contributed by atoms with Gasteiger partial charge >= 0.3 is 0 Å². The van der Waals surface area contributed by atoms with Crippen molar-refractivity contribution < 1.29 is 17.9 Å². The highest BCUT2D eigenvalue weighted by Crippen LogP contribution is 2.26. The van der Waals surface area contributed by atoms with Gasteiger partial charge in [0.1, 0.15) is 5.75 Å². The van der Waals surface area contributed by atoms with Crippen LogP contribution in [0.15, 0.2) is 59.5 Å². The minimum Gasteiger partial charge on any atom is -0.497 e. The fraction of sp³-hybridized carbons (Fsp3) is 0.381. The maximum atomic E-state index is 13.0. The van der Waals surface area contributed by atoms with Gasteiger partial charge in [0.2, 0.25) is 15.9 Å². The summed E-state index contributed by atoms with van der Waals surface area (Å²) < 4.78 is 32.4. The number of carbonyl (C=O) groups excluding carboxylic acids is 1. The molecule has 1 N–H and O–H groups in total. The Bertz CT molecular complexity index is 898. The molecule has 1 heterocycles. The van der Waals surface area contributed by atoms with Crippen molar-refractivity contribution in [1.29, 1.82) is 0 Å². The monoisotopic (exact) mass is 402 g/mol. The number of hydrogen-bond donors (Lipinski definition) is 1. The Morgan fingerprint density at radius 1 is 1.14 bits per heavy atom. The van der Waals surface area contributed by atoms with Gasteiger partial charge < -0.3 is 10.1 Å². The second-order valence-corrected chi connectivity index (χ2v) is 8.96. The first-order valence-electron chi connectivity index (χ1n) is 9.41. The van der Waals surface area contributed by atoms with Crippen LogP contribution in [0.4, 0.5) is 0 Å². The molecule has 0 spiro atoms. The van der Waals surface area contributed by atoms with Crippen molar-refractivity contribution in [2.75, 3.05) is 20.2 Å². The zero-order chi connectivity index (χ0) is 20.1. The lowest BCUT2D eigenvalue weighted by molar-refractivity contribution is -0.126. The summed E-state index contributed by atoms with van der Waals surface area (Å²) in [6.07, 6.45) is 1.34. The van der Waals surface area contributed by atoms with Crippen LogP contribution in [0, 0.1) is 5.92 Å².